The van der Waals surface area contributed by atoms with E-state index >= 15 is 0 Å². The molecular weight excluding hydrogens is 472 g/mol. The summed E-state index contributed by atoms with van der Waals surface area (Å²) in [5.41, 5.74) is 3.26. The summed E-state index contributed by atoms with van der Waals surface area (Å²) in [7, 11) is 0. The van der Waals surface area contributed by atoms with E-state index in [0.717, 1.165) is 34.4 Å². The van der Waals surface area contributed by atoms with E-state index in [2.05, 4.69) is 5.32 Å². The SMILES string of the molecule is Cc1ccc2c(c1NC(=O)Cc1ccc(C(F)(F)F)c(F)c1)CCN(C(=O)CCc1ccccc1)C2. The zero-order valence-corrected chi connectivity index (χ0v) is 19.8. The van der Waals surface area contributed by atoms with Crippen molar-refractivity contribution in [2.45, 2.75) is 45.3 Å². The summed E-state index contributed by atoms with van der Waals surface area (Å²) >= 11 is 0. The number of nitrogens with one attached hydrogen (secondary N) is 1. The van der Waals surface area contributed by atoms with E-state index in [1.165, 1.54) is 0 Å². The van der Waals surface area contributed by atoms with E-state index in [4.69, 9.17) is 0 Å². The molecule has 1 heterocycles. The number of hydrogen-bond acceptors (Lipinski definition) is 2. The fourth-order valence-electron chi connectivity index (χ4n) is 4.48. The van der Waals surface area contributed by atoms with Crippen LogP contribution in [0.25, 0.3) is 0 Å². The largest absolute Gasteiger partial charge is 0.419 e. The van der Waals surface area contributed by atoms with Gasteiger partial charge in [0.05, 0.1) is 12.0 Å². The van der Waals surface area contributed by atoms with Gasteiger partial charge >= 0.3 is 6.18 Å². The summed E-state index contributed by atoms with van der Waals surface area (Å²) in [6.45, 7) is 2.82. The highest BCUT2D eigenvalue weighted by Gasteiger charge is 2.34. The number of rotatable bonds is 6. The first kappa shape index (κ1) is 25.4. The van der Waals surface area contributed by atoms with Gasteiger partial charge in [0.25, 0.3) is 0 Å². The van der Waals surface area contributed by atoms with Crippen LogP contribution in [0.5, 0.6) is 0 Å². The molecule has 0 radical (unpaired) electrons. The van der Waals surface area contributed by atoms with E-state index in [1.54, 1.807) is 0 Å². The molecule has 0 aliphatic carbocycles. The number of amides is 2. The number of alkyl halides is 3. The molecule has 0 atom stereocenters. The predicted molar refractivity (Wildman–Crippen MR) is 129 cm³/mol. The molecule has 0 bridgehead atoms. The fraction of sp³-hybridized carbons (Fsp3) is 0.286. The summed E-state index contributed by atoms with van der Waals surface area (Å²) in [4.78, 5) is 27.3. The molecular formula is C28H26F4N2O2. The van der Waals surface area contributed by atoms with Crippen LogP contribution in [-0.4, -0.2) is 23.3 Å². The molecule has 0 fully saturated rings. The highest BCUT2D eigenvalue weighted by atomic mass is 19.4. The summed E-state index contributed by atoms with van der Waals surface area (Å²) in [6, 6.07) is 16.1. The molecule has 2 amide bonds. The maximum absolute atomic E-state index is 13.9. The lowest BCUT2D eigenvalue weighted by atomic mass is 9.94. The number of halogens is 4. The van der Waals surface area contributed by atoms with Gasteiger partial charge in [-0.05, 0) is 59.7 Å². The first-order chi connectivity index (χ1) is 17.1. The minimum absolute atomic E-state index is 0.0694. The normalized spacial score (nSPS) is 13.3. The average molecular weight is 499 g/mol. The average Bonchev–Trinajstić information content (AvgIpc) is 2.84. The van der Waals surface area contributed by atoms with Gasteiger partial charge in [0, 0.05) is 25.2 Å². The van der Waals surface area contributed by atoms with Gasteiger partial charge in [-0.25, -0.2) is 4.39 Å². The highest BCUT2D eigenvalue weighted by molar-refractivity contribution is 5.94. The van der Waals surface area contributed by atoms with Crippen molar-refractivity contribution in [1.29, 1.82) is 0 Å². The van der Waals surface area contributed by atoms with Crippen LogP contribution in [0.3, 0.4) is 0 Å². The molecule has 0 saturated heterocycles. The van der Waals surface area contributed by atoms with E-state index in [-0.39, 0.29) is 17.9 Å². The van der Waals surface area contributed by atoms with Crippen molar-refractivity contribution in [2.75, 3.05) is 11.9 Å². The molecule has 8 heteroatoms. The monoisotopic (exact) mass is 498 g/mol. The van der Waals surface area contributed by atoms with Crippen molar-refractivity contribution < 1.29 is 27.2 Å². The van der Waals surface area contributed by atoms with Crippen LogP contribution in [0.2, 0.25) is 0 Å². The van der Waals surface area contributed by atoms with Crippen molar-refractivity contribution >= 4 is 17.5 Å². The van der Waals surface area contributed by atoms with E-state index < -0.39 is 23.5 Å². The van der Waals surface area contributed by atoms with E-state index in [9.17, 15) is 27.2 Å². The molecule has 0 aromatic heterocycles. The number of aryl methyl sites for hydroxylation is 2. The number of fused-ring (bicyclic) bond motifs is 1. The Hall–Kier alpha value is -3.68. The zero-order valence-electron chi connectivity index (χ0n) is 19.8. The maximum Gasteiger partial charge on any atom is 0.419 e. The Morgan fingerprint density at radius 1 is 1.00 bits per heavy atom. The van der Waals surface area contributed by atoms with Crippen LogP contribution < -0.4 is 5.32 Å². The molecule has 1 aliphatic heterocycles. The Labute approximate surface area is 206 Å². The van der Waals surface area contributed by atoms with Gasteiger partial charge in [0.2, 0.25) is 11.8 Å². The summed E-state index contributed by atoms with van der Waals surface area (Å²) in [5, 5.41) is 2.85. The molecule has 36 heavy (non-hydrogen) atoms. The summed E-state index contributed by atoms with van der Waals surface area (Å²) in [6.07, 6.45) is -3.40. The minimum atomic E-state index is -4.79. The van der Waals surface area contributed by atoms with Crippen molar-refractivity contribution in [3.05, 3.63) is 99.9 Å². The third-order valence-corrected chi connectivity index (χ3v) is 6.40. The Morgan fingerprint density at radius 2 is 1.75 bits per heavy atom. The van der Waals surface area contributed by atoms with Crippen LogP contribution >= 0.6 is 0 Å². The number of benzene rings is 3. The van der Waals surface area contributed by atoms with Crippen molar-refractivity contribution in [1.82, 2.24) is 4.90 Å². The van der Waals surface area contributed by atoms with Crippen molar-refractivity contribution in [3.63, 3.8) is 0 Å². The number of anilines is 1. The second kappa shape index (κ2) is 10.5. The van der Waals surface area contributed by atoms with Crippen LogP contribution in [0, 0.1) is 12.7 Å². The Morgan fingerprint density at radius 3 is 2.44 bits per heavy atom. The van der Waals surface area contributed by atoms with Gasteiger partial charge in [0.15, 0.2) is 0 Å². The van der Waals surface area contributed by atoms with Gasteiger partial charge in [-0.3, -0.25) is 9.59 Å². The first-order valence-electron chi connectivity index (χ1n) is 11.7. The van der Waals surface area contributed by atoms with Crippen LogP contribution in [0.15, 0.2) is 60.7 Å². The number of carbonyl (C=O) groups excluding carboxylic acids is 2. The smallest absolute Gasteiger partial charge is 0.338 e. The lowest BCUT2D eigenvalue weighted by Gasteiger charge is -2.31. The Bertz CT molecular complexity index is 1270. The highest BCUT2D eigenvalue weighted by Crippen LogP contribution is 2.32. The van der Waals surface area contributed by atoms with Gasteiger partial charge in [0.1, 0.15) is 5.82 Å². The molecule has 0 unspecified atom stereocenters. The number of carbonyl (C=O) groups is 2. The molecule has 4 nitrogen and oxygen atoms in total. The van der Waals surface area contributed by atoms with Gasteiger partial charge < -0.3 is 10.2 Å². The minimum Gasteiger partial charge on any atom is -0.338 e. The van der Waals surface area contributed by atoms with Crippen molar-refractivity contribution in [3.8, 4) is 0 Å². The molecule has 188 valence electrons. The van der Waals surface area contributed by atoms with Gasteiger partial charge in [-0.1, -0.05) is 48.5 Å². The van der Waals surface area contributed by atoms with Crippen LogP contribution in [0.4, 0.5) is 23.2 Å². The fourth-order valence-corrected chi connectivity index (χ4v) is 4.48. The molecule has 3 aromatic rings. The summed E-state index contributed by atoms with van der Waals surface area (Å²) in [5.74, 6) is -1.79. The third kappa shape index (κ3) is 5.93. The van der Waals surface area contributed by atoms with Crippen LogP contribution in [0.1, 0.15) is 39.8 Å². The summed E-state index contributed by atoms with van der Waals surface area (Å²) < 4.78 is 52.3. The van der Waals surface area contributed by atoms with Gasteiger partial charge in [-0.2, -0.15) is 13.2 Å². The molecule has 1 aliphatic rings. The second-order valence-corrected chi connectivity index (χ2v) is 8.98. The van der Waals surface area contributed by atoms with Crippen LogP contribution in [-0.2, 0) is 41.6 Å². The topological polar surface area (TPSA) is 49.4 Å². The number of hydrogen-bond donors (Lipinski definition) is 1. The molecule has 4 rings (SSSR count). The van der Waals surface area contributed by atoms with E-state index in [0.29, 0.717) is 44.1 Å². The molecule has 3 aromatic carbocycles. The van der Waals surface area contributed by atoms with Crippen molar-refractivity contribution in [2.24, 2.45) is 0 Å². The lowest BCUT2D eigenvalue weighted by molar-refractivity contribution is -0.140. The lowest BCUT2D eigenvalue weighted by Crippen LogP contribution is -2.36. The third-order valence-electron chi connectivity index (χ3n) is 6.40. The predicted octanol–water partition coefficient (Wildman–Crippen LogP) is 5.85. The quantitative estimate of drug-likeness (QED) is 0.434. The Balaban J connectivity index is 1.42. The zero-order chi connectivity index (χ0) is 25.9. The number of nitrogens with zero attached hydrogens (tertiary/aromatic N) is 1. The van der Waals surface area contributed by atoms with Gasteiger partial charge in [-0.15, -0.1) is 0 Å². The standard InChI is InChI=1S/C28H26F4N2O2/c1-18-7-10-21-17-34(26(36)12-9-19-5-3-2-4-6-19)14-13-22(21)27(18)33-25(35)16-20-8-11-23(24(29)15-20)28(30,31)32/h2-8,10-11,15H,9,12-14,16-17H2,1H3,(H,33,35). The maximum atomic E-state index is 13.9. The van der Waals surface area contributed by atoms with E-state index in [1.807, 2.05) is 54.3 Å². The second-order valence-electron chi connectivity index (χ2n) is 8.98. The first-order valence-corrected chi connectivity index (χ1v) is 11.7. The Kier molecular flexibility index (Phi) is 7.43. The molecule has 0 saturated carbocycles. The molecule has 1 N–H and O–H groups in total. The molecule has 0 spiro atoms.